The van der Waals surface area contributed by atoms with Crippen LogP contribution >= 0.6 is 0 Å². The largest absolute Gasteiger partial charge is 0.370 e. The van der Waals surface area contributed by atoms with Gasteiger partial charge in [-0.25, -0.2) is 4.99 Å². The average Bonchev–Trinajstić information content (AvgIpc) is 2.29. The van der Waals surface area contributed by atoms with Gasteiger partial charge in [0.2, 0.25) is 0 Å². The van der Waals surface area contributed by atoms with Gasteiger partial charge in [0.25, 0.3) is 0 Å². The predicted octanol–water partition coefficient (Wildman–Crippen LogP) is 2.75. The van der Waals surface area contributed by atoms with Crippen LogP contribution in [0.3, 0.4) is 0 Å². The van der Waals surface area contributed by atoms with E-state index in [2.05, 4.69) is 30.8 Å². The molecule has 1 fully saturated rings. The van der Waals surface area contributed by atoms with E-state index >= 15 is 0 Å². The molecule has 0 aromatic rings. The Balaban J connectivity index is 2.47. The number of hydrogen-bond acceptors (Lipinski definition) is 1. The molecule has 0 heterocycles. The van der Waals surface area contributed by atoms with Crippen LogP contribution in [0.25, 0.3) is 0 Å². The quantitative estimate of drug-likeness (QED) is 0.590. The van der Waals surface area contributed by atoms with E-state index in [-0.39, 0.29) is 0 Å². The zero-order valence-corrected chi connectivity index (χ0v) is 11.1. The van der Waals surface area contributed by atoms with E-state index < -0.39 is 0 Å². The number of aliphatic imine (C=N–C) groups is 1. The Labute approximate surface area is 100 Å². The molecule has 0 aliphatic heterocycles. The number of nitrogens with two attached hydrogens (primary N) is 1. The van der Waals surface area contributed by atoms with Crippen molar-refractivity contribution in [1.82, 2.24) is 4.90 Å². The normalized spacial score (nSPS) is 20.8. The average molecular weight is 225 g/mol. The fourth-order valence-electron chi connectivity index (χ4n) is 2.33. The molecule has 2 N–H and O–H groups in total. The van der Waals surface area contributed by atoms with E-state index in [0.717, 1.165) is 5.96 Å². The minimum atomic E-state index is 0.477. The number of hydrogen-bond donors (Lipinski definition) is 1. The molecular weight excluding hydrogens is 198 g/mol. The molecule has 0 spiro atoms. The molecular formula is C13H27N3. The van der Waals surface area contributed by atoms with Gasteiger partial charge < -0.3 is 10.6 Å². The highest BCUT2D eigenvalue weighted by atomic mass is 15.3. The summed E-state index contributed by atoms with van der Waals surface area (Å²) in [5.74, 6) is 0.729. The standard InChI is InChI=1S/C13H27N3/c1-4-8-11(2)16(3)13(14)15-12-9-6-5-7-10-12/h11-12H,4-10H2,1-3H3,(H2,14,15). The van der Waals surface area contributed by atoms with Gasteiger partial charge in [-0.15, -0.1) is 0 Å². The second-order valence-corrected chi connectivity index (χ2v) is 5.03. The zero-order chi connectivity index (χ0) is 12.0. The van der Waals surface area contributed by atoms with Crippen LogP contribution in [0, 0.1) is 0 Å². The van der Waals surface area contributed by atoms with Gasteiger partial charge in [0, 0.05) is 13.1 Å². The van der Waals surface area contributed by atoms with Gasteiger partial charge in [0.1, 0.15) is 0 Å². The first-order valence-corrected chi connectivity index (χ1v) is 6.71. The summed E-state index contributed by atoms with van der Waals surface area (Å²) in [6.45, 7) is 4.42. The minimum Gasteiger partial charge on any atom is -0.370 e. The van der Waals surface area contributed by atoms with E-state index in [1.165, 1.54) is 44.9 Å². The maximum absolute atomic E-state index is 6.06. The van der Waals surface area contributed by atoms with Gasteiger partial charge in [-0.3, -0.25) is 0 Å². The van der Waals surface area contributed by atoms with Crippen molar-refractivity contribution in [3.05, 3.63) is 0 Å². The van der Waals surface area contributed by atoms with Crippen molar-refractivity contribution in [2.45, 2.75) is 70.9 Å². The lowest BCUT2D eigenvalue weighted by Gasteiger charge is -2.27. The van der Waals surface area contributed by atoms with Gasteiger partial charge >= 0.3 is 0 Å². The van der Waals surface area contributed by atoms with Crippen LogP contribution < -0.4 is 5.73 Å². The van der Waals surface area contributed by atoms with E-state index in [4.69, 9.17) is 5.73 Å². The van der Waals surface area contributed by atoms with Gasteiger partial charge in [-0.05, 0) is 26.2 Å². The van der Waals surface area contributed by atoms with Gasteiger partial charge in [0.15, 0.2) is 5.96 Å². The highest BCUT2D eigenvalue weighted by Crippen LogP contribution is 2.20. The molecule has 0 radical (unpaired) electrons. The lowest BCUT2D eigenvalue weighted by Crippen LogP contribution is -2.41. The first-order valence-electron chi connectivity index (χ1n) is 6.71. The van der Waals surface area contributed by atoms with Gasteiger partial charge in [-0.2, -0.15) is 0 Å². The molecule has 1 aliphatic rings. The smallest absolute Gasteiger partial charge is 0.191 e. The molecule has 0 aromatic heterocycles. The van der Waals surface area contributed by atoms with Crippen LogP contribution in [0.1, 0.15) is 58.8 Å². The summed E-state index contributed by atoms with van der Waals surface area (Å²) < 4.78 is 0. The van der Waals surface area contributed by atoms with Gasteiger partial charge in [-0.1, -0.05) is 32.6 Å². The van der Waals surface area contributed by atoms with Crippen molar-refractivity contribution in [3.8, 4) is 0 Å². The highest BCUT2D eigenvalue weighted by molar-refractivity contribution is 5.78. The first kappa shape index (κ1) is 13.3. The lowest BCUT2D eigenvalue weighted by molar-refractivity contribution is 0.356. The Hall–Kier alpha value is -0.730. The molecule has 3 heteroatoms. The number of nitrogens with zero attached hydrogens (tertiary/aromatic N) is 2. The SMILES string of the molecule is CCCC(C)N(C)C(N)=NC1CCCCC1. The number of rotatable bonds is 4. The monoisotopic (exact) mass is 225 g/mol. The molecule has 3 nitrogen and oxygen atoms in total. The maximum Gasteiger partial charge on any atom is 0.191 e. The maximum atomic E-state index is 6.06. The van der Waals surface area contributed by atoms with E-state index in [1.807, 2.05) is 0 Å². The second kappa shape index (κ2) is 6.77. The van der Waals surface area contributed by atoms with Crippen molar-refractivity contribution < 1.29 is 0 Å². The number of guanidine groups is 1. The Morgan fingerprint density at radius 2 is 2.00 bits per heavy atom. The van der Waals surface area contributed by atoms with E-state index in [9.17, 15) is 0 Å². The Kier molecular flexibility index (Phi) is 5.64. The van der Waals surface area contributed by atoms with Crippen LogP contribution in [0.15, 0.2) is 4.99 Å². The molecule has 1 rings (SSSR count). The van der Waals surface area contributed by atoms with Crippen molar-refractivity contribution in [2.24, 2.45) is 10.7 Å². The van der Waals surface area contributed by atoms with Crippen molar-refractivity contribution in [3.63, 3.8) is 0 Å². The molecule has 0 bridgehead atoms. The molecule has 0 amide bonds. The highest BCUT2D eigenvalue weighted by Gasteiger charge is 2.15. The fraction of sp³-hybridized carbons (Fsp3) is 0.923. The Bertz CT molecular complexity index is 219. The molecule has 0 aromatic carbocycles. The molecule has 16 heavy (non-hydrogen) atoms. The molecule has 1 saturated carbocycles. The molecule has 94 valence electrons. The third-order valence-electron chi connectivity index (χ3n) is 3.62. The summed E-state index contributed by atoms with van der Waals surface area (Å²) in [5.41, 5.74) is 6.06. The summed E-state index contributed by atoms with van der Waals surface area (Å²) in [6, 6.07) is 0.974. The van der Waals surface area contributed by atoms with Crippen LogP contribution in [0.4, 0.5) is 0 Å². The summed E-state index contributed by atoms with van der Waals surface area (Å²) >= 11 is 0. The van der Waals surface area contributed by atoms with Crippen LogP contribution in [0.2, 0.25) is 0 Å². The van der Waals surface area contributed by atoms with Crippen molar-refractivity contribution in [1.29, 1.82) is 0 Å². The minimum absolute atomic E-state index is 0.477. The van der Waals surface area contributed by atoms with Crippen LogP contribution in [0.5, 0.6) is 0 Å². The summed E-state index contributed by atoms with van der Waals surface area (Å²) in [4.78, 5) is 6.78. The van der Waals surface area contributed by atoms with Crippen LogP contribution in [-0.4, -0.2) is 30.0 Å². The molecule has 1 unspecified atom stereocenters. The molecule has 0 saturated heterocycles. The van der Waals surface area contributed by atoms with Gasteiger partial charge in [0.05, 0.1) is 6.04 Å². The molecule has 1 aliphatic carbocycles. The molecule has 1 atom stereocenters. The zero-order valence-electron chi connectivity index (χ0n) is 11.1. The fourth-order valence-corrected chi connectivity index (χ4v) is 2.33. The lowest BCUT2D eigenvalue weighted by atomic mass is 9.96. The Morgan fingerprint density at radius 1 is 1.38 bits per heavy atom. The second-order valence-electron chi connectivity index (χ2n) is 5.03. The third-order valence-corrected chi connectivity index (χ3v) is 3.62. The van der Waals surface area contributed by atoms with Crippen LogP contribution in [-0.2, 0) is 0 Å². The third kappa shape index (κ3) is 4.03. The summed E-state index contributed by atoms with van der Waals surface area (Å²) in [5, 5.41) is 0. The topological polar surface area (TPSA) is 41.6 Å². The van der Waals surface area contributed by atoms with Crippen molar-refractivity contribution in [2.75, 3.05) is 7.05 Å². The van der Waals surface area contributed by atoms with Crippen molar-refractivity contribution >= 4 is 5.96 Å². The van der Waals surface area contributed by atoms with E-state index in [1.54, 1.807) is 0 Å². The Morgan fingerprint density at radius 3 is 2.56 bits per heavy atom. The summed E-state index contributed by atoms with van der Waals surface area (Å²) in [7, 11) is 2.06. The predicted molar refractivity (Wildman–Crippen MR) is 70.6 cm³/mol. The first-order chi connectivity index (χ1) is 7.65. The van der Waals surface area contributed by atoms with E-state index in [0.29, 0.717) is 12.1 Å². The summed E-state index contributed by atoms with van der Waals surface area (Å²) in [6.07, 6.45) is 8.81.